The van der Waals surface area contributed by atoms with Crippen LogP contribution in [0.1, 0.15) is 29.4 Å². The molecule has 2 atom stereocenters. The molecule has 1 aliphatic heterocycles. The fourth-order valence-electron chi connectivity index (χ4n) is 5.11. The lowest BCUT2D eigenvalue weighted by Crippen LogP contribution is -2.56. The number of fused-ring (bicyclic) bond motifs is 1. The maximum absolute atomic E-state index is 14.2. The zero-order chi connectivity index (χ0) is 27.0. The van der Waals surface area contributed by atoms with Crippen LogP contribution in [0.5, 0.6) is 0 Å². The first-order valence-corrected chi connectivity index (χ1v) is 12.8. The van der Waals surface area contributed by atoms with Crippen LogP contribution in [0.4, 0.5) is 21.8 Å². The van der Waals surface area contributed by atoms with Gasteiger partial charge in [0.15, 0.2) is 11.6 Å². The van der Waals surface area contributed by atoms with Crippen LogP contribution in [0.25, 0.3) is 5.57 Å². The summed E-state index contributed by atoms with van der Waals surface area (Å²) in [6.07, 6.45) is 10.5. The number of nitrogens with zero attached hydrogens (tertiary/aromatic N) is 6. The monoisotopic (exact) mass is 549 g/mol. The average Bonchev–Trinajstić information content (AvgIpc) is 2.98. The van der Waals surface area contributed by atoms with Gasteiger partial charge >= 0.3 is 0 Å². The van der Waals surface area contributed by atoms with Crippen LogP contribution < -0.4 is 21.1 Å². The fraction of sp³-hybridized carbons (Fsp3) is 0.308. The maximum Gasteiger partial charge on any atom is 0.288 e. The molecule has 0 spiro atoms. The maximum atomic E-state index is 14.2. The normalized spacial score (nSPS) is 22.1. The second kappa shape index (κ2) is 10.2. The first-order valence-electron chi connectivity index (χ1n) is 12.5. The predicted octanol–water partition coefficient (Wildman–Crippen LogP) is 3.17. The number of amides is 1. The smallest absolute Gasteiger partial charge is 0.288 e. The minimum atomic E-state index is -0.542. The van der Waals surface area contributed by atoms with Gasteiger partial charge < -0.3 is 15.0 Å². The Balaban J connectivity index is 1.09. The molecular weight excluding hydrogens is 525 g/mol. The number of nitrogens with one attached hydrogen (secondary N) is 3. The molecule has 1 amide bonds. The van der Waals surface area contributed by atoms with Gasteiger partial charge in [-0.2, -0.15) is 4.98 Å². The fourth-order valence-corrected chi connectivity index (χ4v) is 5.50. The number of hydrogen-bond donors (Lipinski definition) is 3. The van der Waals surface area contributed by atoms with Gasteiger partial charge in [0.05, 0.1) is 36.8 Å². The zero-order valence-electron chi connectivity index (χ0n) is 21.0. The van der Waals surface area contributed by atoms with Gasteiger partial charge in [-0.05, 0) is 30.2 Å². The first-order chi connectivity index (χ1) is 18.9. The van der Waals surface area contributed by atoms with Gasteiger partial charge in [0, 0.05) is 42.0 Å². The molecule has 39 heavy (non-hydrogen) atoms. The Morgan fingerprint density at radius 3 is 2.64 bits per heavy atom. The van der Waals surface area contributed by atoms with E-state index in [0.717, 1.165) is 29.4 Å². The number of ether oxygens (including phenoxy) is 1. The number of morpholine rings is 1. The minimum Gasteiger partial charge on any atom is -0.378 e. The Bertz CT molecular complexity index is 1460. The Labute approximate surface area is 228 Å². The lowest BCUT2D eigenvalue weighted by molar-refractivity contribution is 0.0957. The predicted molar refractivity (Wildman–Crippen MR) is 143 cm³/mol. The summed E-state index contributed by atoms with van der Waals surface area (Å²) in [6.45, 7) is 4.15. The van der Waals surface area contributed by atoms with E-state index >= 15 is 0 Å². The molecule has 4 heterocycles. The first kappa shape index (κ1) is 25.1. The highest BCUT2D eigenvalue weighted by Crippen LogP contribution is 2.57. The molecule has 3 aliphatic carbocycles. The summed E-state index contributed by atoms with van der Waals surface area (Å²) in [5.74, 6) is -0.657. The standard InChI is InChI=1S/C26H25ClFN9O2/c1-15-19-9-26(15,22(27)8-18(19)16-10-29-14-30-11-16)34-17-2-3-21(31-12-17)24(38)35-36-25-32-13-20(28)23(33-25)37-4-6-39-7-5-37/h2-3,8,10-15,34H,4-7,9H2,1H3,(H,35,38)(H,32,33,36). The molecule has 3 N–H and O–H groups in total. The molecule has 1 saturated heterocycles. The van der Waals surface area contributed by atoms with E-state index in [0.29, 0.717) is 31.3 Å². The highest BCUT2D eigenvalue weighted by atomic mass is 35.5. The number of pyridine rings is 1. The Morgan fingerprint density at radius 2 is 1.95 bits per heavy atom. The van der Waals surface area contributed by atoms with Gasteiger partial charge in [-0.3, -0.25) is 15.6 Å². The minimum absolute atomic E-state index is 0.0617. The largest absolute Gasteiger partial charge is 0.378 e. The number of rotatable bonds is 7. The van der Waals surface area contributed by atoms with Crippen molar-refractivity contribution in [2.24, 2.45) is 5.92 Å². The van der Waals surface area contributed by atoms with Crippen LogP contribution >= 0.6 is 11.6 Å². The third kappa shape index (κ3) is 4.66. The van der Waals surface area contributed by atoms with E-state index in [-0.39, 0.29) is 23.4 Å². The number of hydrazine groups is 1. The summed E-state index contributed by atoms with van der Waals surface area (Å²) in [4.78, 5) is 35.1. The molecule has 0 radical (unpaired) electrons. The summed E-state index contributed by atoms with van der Waals surface area (Å²) < 4.78 is 19.5. The molecule has 2 bridgehead atoms. The number of carbonyl (C=O) groups is 1. The third-order valence-electron chi connectivity index (χ3n) is 7.33. The van der Waals surface area contributed by atoms with E-state index in [1.807, 2.05) is 6.08 Å². The van der Waals surface area contributed by atoms with Crippen LogP contribution in [0, 0.1) is 11.7 Å². The van der Waals surface area contributed by atoms with Crippen LogP contribution in [0.15, 0.2) is 59.9 Å². The molecule has 7 rings (SSSR count). The summed E-state index contributed by atoms with van der Waals surface area (Å²) >= 11 is 6.79. The molecule has 11 nitrogen and oxygen atoms in total. The van der Waals surface area contributed by atoms with E-state index in [9.17, 15) is 9.18 Å². The lowest BCUT2D eigenvalue weighted by Gasteiger charge is -2.54. The summed E-state index contributed by atoms with van der Waals surface area (Å²) in [5.41, 5.74) is 8.92. The van der Waals surface area contributed by atoms with Gasteiger partial charge in [-0.1, -0.05) is 24.1 Å². The molecule has 4 aliphatic rings. The Morgan fingerprint density at radius 1 is 1.15 bits per heavy atom. The van der Waals surface area contributed by atoms with Crippen molar-refractivity contribution in [3.8, 4) is 0 Å². The van der Waals surface area contributed by atoms with Gasteiger partial charge in [0.2, 0.25) is 5.95 Å². The highest BCUT2D eigenvalue weighted by molar-refractivity contribution is 6.32. The van der Waals surface area contributed by atoms with E-state index in [2.05, 4.69) is 48.0 Å². The number of aromatic nitrogens is 5. The van der Waals surface area contributed by atoms with E-state index in [1.165, 1.54) is 11.9 Å². The summed E-state index contributed by atoms with van der Waals surface area (Å²) in [5, 5.41) is 4.22. The van der Waals surface area contributed by atoms with Crippen molar-refractivity contribution in [3.05, 3.63) is 77.0 Å². The average molecular weight is 550 g/mol. The molecule has 3 aromatic rings. The number of allylic oxidation sites excluding steroid dienone is 2. The number of hydrogen-bond acceptors (Lipinski definition) is 10. The van der Waals surface area contributed by atoms with Crippen molar-refractivity contribution in [2.45, 2.75) is 18.9 Å². The quantitative estimate of drug-likeness (QED) is 0.378. The molecule has 1 saturated carbocycles. The van der Waals surface area contributed by atoms with Gasteiger partial charge in [-0.25, -0.2) is 24.3 Å². The van der Waals surface area contributed by atoms with Gasteiger partial charge in [0.25, 0.3) is 5.91 Å². The van der Waals surface area contributed by atoms with Crippen LogP contribution in [-0.2, 0) is 4.74 Å². The molecule has 0 aromatic carbocycles. The van der Waals surface area contributed by atoms with E-state index in [4.69, 9.17) is 16.3 Å². The summed E-state index contributed by atoms with van der Waals surface area (Å²) in [7, 11) is 0. The number of anilines is 3. The molecule has 2 fully saturated rings. The topological polar surface area (TPSA) is 130 Å². The molecule has 3 aromatic heterocycles. The van der Waals surface area contributed by atoms with Crippen LogP contribution in [-0.4, -0.2) is 62.7 Å². The Hall–Kier alpha value is -4.16. The molecular formula is C26H25ClFN9O2. The van der Waals surface area contributed by atoms with Gasteiger partial charge in [-0.15, -0.1) is 0 Å². The third-order valence-corrected chi connectivity index (χ3v) is 7.78. The molecule has 200 valence electrons. The molecule has 13 heteroatoms. The second-order valence-electron chi connectivity index (χ2n) is 9.53. The van der Waals surface area contributed by atoms with Gasteiger partial charge in [0.1, 0.15) is 12.0 Å². The van der Waals surface area contributed by atoms with Crippen LogP contribution in [0.2, 0.25) is 0 Å². The Kier molecular flexibility index (Phi) is 6.57. The van der Waals surface area contributed by atoms with Crippen molar-refractivity contribution in [2.75, 3.05) is 41.9 Å². The van der Waals surface area contributed by atoms with E-state index in [1.54, 1.807) is 35.6 Å². The second-order valence-corrected chi connectivity index (χ2v) is 9.94. The zero-order valence-corrected chi connectivity index (χ0v) is 21.7. The van der Waals surface area contributed by atoms with Crippen molar-refractivity contribution < 1.29 is 13.9 Å². The molecule has 2 unspecified atom stereocenters. The summed E-state index contributed by atoms with van der Waals surface area (Å²) in [6, 6.07) is 3.38. The highest BCUT2D eigenvalue weighted by Gasteiger charge is 2.53. The number of halogens is 2. The van der Waals surface area contributed by atoms with Crippen molar-refractivity contribution >= 4 is 40.5 Å². The van der Waals surface area contributed by atoms with Crippen molar-refractivity contribution in [1.82, 2.24) is 30.3 Å². The van der Waals surface area contributed by atoms with Crippen LogP contribution in [0.3, 0.4) is 0 Å². The number of carbonyl (C=O) groups excluding carboxylic acids is 1. The lowest BCUT2D eigenvalue weighted by atomic mass is 9.58. The van der Waals surface area contributed by atoms with Crippen molar-refractivity contribution in [3.63, 3.8) is 0 Å². The SMILES string of the molecule is CC1C2=C(c3cncnc3)C=C(Cl)C1(Nc1ccc(C(=O)NNc3ncc(F)c(N4CCOCC4)n3)nc1)C2. The van der Waals surface area contributed by atoms with Crippen molar-refractivity contribution in [1.29, 1.82) is 0 Å². The van der Waals surface area contributed by atoms with E-state index < -0.39 is 17.3 Å².